The Morgan fingerprint density at radius 1 is 1.29 bits per heavy atom. The third-order valence-electron chi connectivity index (χ3n) is 3.26. The zero-order valence-electron chi connectivity index (χ0n) is 11.6. The number of aryl methyl sites for hydroxylation is 1. The summed E-state index contributed by atoms with van der Waals surface area (Å²) in [4.78, 5) is 0. The molecule has 0 amide bonds. The van der Waals surface area contributed by atoms with Gasteiger partial charge in [-0.05, 0) is 43.8 Å². The van der Waals surface area contributed by atoms with Crippen molar-refractivity contribution in [3.63, 3.8) is 0 Å². The summed E-state index contributed by atoms with van der Waals surface area (Å²) in [5.74, 6) is -0.708. The molecule has 114 valence electrons. The van der Waals surface area contributed by atoms with Crippen LogP contribution in [0.1, 0.15) is 29.8 Å². The van der Waals surface area contributed by atoms with Gasteiger partial charge in [0, 0.05) is 12.7 Å². The van der Waals surface area contributed by atoms with E-state index in [1.807, 2.05) is 6.92 Å². The van der Waals surface area contributed by atoms with Gasteiger partial charge in [0.15, 0.2) is 0 Å². The van der Waals surface area contributed by atoms with Gasteiger partial charge in [-0.1, -0.05) is 0 Å². The van der Waals surface area contributed by atoms with Crippen molar-refractivity contribution in [2.24, 2.45) is 0 Å². The highest BCUT2D eigenvalue weighted by atomic mass is 19.4. The van der Waals surface area contributed by atoms with Gasteiger partial charge >= 0.3 is 6.18 Å². The summed E-state index contributed by atoms with van der Waals surface area (Å²) in [6.07, 6.45) is -3.04. The lowest BCUT2D eigenvalue weighted by Crippen LogP contribution is -2.24. The molecule has 0 aliphatic heterocycles. The first-order valence-electron chi connectivity index (χ1n) is 6.44. The fraction of sp³-hybridized carbons (Fsp3) is 0.357. The van der Waals surface area contributed by atoms with Crippen molar-refractivity contribution in [1.29, 1.82) is 0 Å². The van der Waals surface area contributed by atoms with Gasteiger partial charge in [-0.2, -0.15) is 18.3 Å². The zero-order chi connectivity index (χ0) is 15.6. The summed E-state index contributed by atoms with van der Waals surface area (Å²) in [7, 11) is 1.53. The normalized spacial score (nSPS) is 13.4. The molecule has 1 N–H and O–H groups in total. The van der Waals surface area contributed by atoms with Crippen molar-refractivity contribution in [2.75, 3.05) is 7.05 Å². The summed E-state index contributed by atoms with van der Waals surface area (Å²) in [5.41, 5.74) is -0.455. The van der Waals surface area contributed by atoms with Gasteiger partial charge in [-0.3, -0.25) is 4.68 Å². The minimum absolute atomic E-state index is 0.153. The van der Waals surface area contributed by atoms with E-state index in [4.69, 9.17) is 0 Å². The molecule has 1 aromatic carbocycles. The third-order valence-corrected chi connectivity index (χ3v) is 3.26. The second-order valence-electron chi connectivity index (χ2n) is 4.52. The highest BCUT2D eigenvalue weighted by molar-refractivity contribution is 5.37. The summed E-state index contributed by atoms with van der Waals surface area (Å²) in [6.45, 7) is 2.34. The predicted molar refractivity (Wildman–Crippen MR) is 70.2 cm³/mol. The fourth-order valence-electron chi connectivity index (χ4n) is 2.35. The highest BCUT2D eigenvalue weighted by Crippen LogP contribution is 2.36. The second-order valence-corrected chi connectivity index (χ2v) is 4.52. The Labute approximate surface area is 119 Å². The molecule has 0 radical (unpaired) electrons. The van der Waals surface area contributed by atoms with Crippen LogP contribution in [-0.4, -0.2) is 16.8 Å². The maximum absolute atomic E-state index is 13.4. The number of alkyl halides is 3. The molecule has 0 spiro atoms. The Hall–Kier alpha value is -1.89. The van der Waals surface area contributed by atoms with Crippen LogP contribution in [0.3, 0.4) is 0 Å². The van der Waals surface area contributed by atoms with Crippen molar-refractivity contribution in [2.45, 2.75) is 25.7 Å². The number of hydrogen-bond acceptors (Lipinski definition) is 2. The van der Waals surface area contributed by atoms with Gasteiger partial charge in [0.2, 0.25) is 0 Å². The van der Waals surface area contributed by atoms with E-state index >= 15 is 0 Å². The molecule has 1 atom stereocenters. The molecular formula is C14H15F4N3. The first-order chi connectivity index (χ1) is 9.88. The lowest BCUT2D eigenvalue weighted by atomic mass is 9.97. The number of benzene rings is 1. The number of hydrogen-bond donors (Lipinski definition) is 1. The Kier molecular flexibility index (Phi) is 4.32. The van der Waals surface area contributed by atoms with Gasteiger partial charge in [-0.15, -0.1) is 0 Å². The van der Waals surface area contributed by atoms with Crippen LogP contribution in [0.4, 0.5) is 17.6 Å². The van der Waals surface area contributed by atoms with Crippen LogP contribution >= 0.6 is 0 Å². The quantitative estimate of drug-likeness (QED) is 0.878. The molecule has 0 aliphatic carbocycles. The van der Waals surface area contributed by atoms with Crippen LogP contribution in [0.5, 0.6) is 0 Å². The smallest absolute Gasteiger partial charge is 0.308 e. The number of nitrogens with one attached hydrogen (secondary N) is 1. The van der Waals surface area contributed by atoms with E-state index in [1.165, 1.54) is 13.2 Å². The first-order valence-corrected chi connectivity index (χ1v) is 6.44. The van der Waals surface area contributed by atoms with Crippen LogP contribution < -0.4 is 5.32 Å². The molecule has 21 heavy (non-hydrogen) atoms. The lowest BCUT2D eigenvalue weighted by Gasteiger charge is -2.22. The molecule has 0 bridgehead atoms. The Balaban J connectivity index is 2.60. The molecular weight excluding hydrogens is 286 g/mol. The molecule has 2 aromatic rings. The van der Waals surface area contributed by atoms with Gasteiger partial charge in [0.1, 0.15) is 5.82 Å². The van der Waals surface area contributed by atoms with E-state index in [0.29, 0.717) is 12.2 Å². The van der Waals surface area contributed by atoms with Crippen LogP contribution in [0, 0.1) is 5.82 Å². The van der Waals surface area contributed by atoms with Gasteiger partial charge in [0.05, 0.1) is 17.3 Å². The van der Waals surface area contributed by atoms with E-state index in [2.05, 4.69) is 10.4 Å². The first kappa shape index (κ1) is 15.5. The van der Waals surface area contributed by atoms with Crippen molar-refractivity contribution in [1.82, 2.24) is 15.1 Å². The predicted octanol–water partition coefficient (Wildman–Crippen LogP) is 3.37. The number of halogens is 4. The molecule has 0 saturated carbocycles. The SMILES string of the molecule is CCn1nccc1C(NC)c1cc(F)ccc1C(F)(F)F. The van der Waals surface area contributed by atoms with E-state index in [1.54, 1.807) is 10.7 Å². The number of nitrogens with zero attached hydrogens (tertiary/aromatic N) is 2. The maximum Gasteiger partial charge on any atom is 0.416 e. The largest absolute Gasteiger partial charge is 0.416 e. The molecule has 1 heterocycles. The van der Waals surface area contributed by atoms with Crippen molar-refractivity contribution >= 4 is 0 Å². The molecule has 1 unspecified atom stereocenters. The molecule has 1 aromatic heterocycles. The van der Waals surface area contributed by atoms with Gasteiger partial charge in [-0.25, -0.2) is 4.39 Å². The van der Waals surface area contributed by atoms with Gasteiger partial charge < -0.3 is 5.32 Å². The number of aromatic nitrogens is 2. The van der Waals surface area contributed by atoms with Crippen molar-refractivity contribution in [3.05, 3.63) is 53.1 Å². The average Bonchev–Trinajstić information content (AvgIpc) is 2.86. The third kappa shape index (κ3) is 3.07. The second kappa shape index (κ2) is 5.85. The summed E-state index contributed by atoms with van der Waals surface area (Å²) < 4.78 is 54.4. The highest BCUT2D eigenvalue weighted by Gasteiger charge is 2.36. The van der Waals surface area contributed by atoms with Crippen LogP contribution in [0.25, 0.3) is 0 Å². The number of rotatable bonds is 4. The summed E-state index contributed by atoms with van der Waals surface area (Å²) in [5, 5.41) is 6.85. The maximum atomic E-state index is 13.4. The Bertz CT molecular complexity index is 619. The van der Waals surface area contributed by atoms with Crippen LogP contribution in [0.2, 0.25) is 0 Å². The molecule has 2 rings (SSSR count). The van der Waals surface area contributed by atoms with Crippen molar-refractivity contribution < 1.29 is 17.6 Å². The summed E-state index contributed by atoms with van der Waals surface area (Å²) in [6, 6.07) is 3.32. The van der Waals surface area contributed by atoms with Crippen LogP contribution in [-0.2, 0) is 12.7 Å². The fourth-order valence-corrected chi connectivity index (χ4v) is 2.35. The van der Waals surface area contributed by atoms with E-state index in [9.17, 15) is 17.6 Å². The average molecular weight is 301 g/mol. The Morgan fingerprint density at radius 3 is 2.57 bits per heavy atom. The van der Waals surface area contributed by atoms with E-state index in [0.717, 1.165) is 18.2 Å². The standard InChI is InChI=1S/C14H15F4N3/c1-3-21-12(6-7-20-21)13(19-2)10-8-9(15)4-5-11(10)14(16,17)18/h4-8,13,19H,3H2,1-2H3. The molecule has 0 fully saturated rings. The zero-order valence-corrected chi connectivity index (χ0v) is 11.6. The monoisotopic (exact) mass is 301 g/mol. The Morgan fingerprint density at radius 2 is 2.00 bits per heavy atom. The topological polar surface area (TPSA) is 29.9 Å². The molecule has 0 saturated heterocycles. The molecule has 0 aliphatic rings. The van der Waals surface area contributed by atoms with E-state index in [-0.39, 0.29) is 5.56 Å². The summed E-state index contributed by atoms with van der Waals surface area (Å²) >= 11 is 0. The molecule has 3 nitrogen and oxygen atoms in total. The lowest BCUT2D eigenvalue weighted by molar-refractivity contribution is -0.138. The minimum Gasteiger partial charge on any atom is -0.308 e. The minimum atomic E-state index is -4.55. The van der Waals surface area contributed by atoms with E-state index < -0.39 is 23.6 Å². The molecule has 7 heteroatoms. The van der Waals surface area contributed by atoms with Crippen LogP contribution in [0.15, 0.2) is 30.5 Å². The van der Waals surface area contributed by atoms with Crippen molar-refractivity contribution in [3.8, 4) is 0 Å². The van der Waals surface area contributed by atoms with Gasteiger partial charge in [0.25, 0.3) is 0 Å².